The highest BCUT2D eigenvalue weighted by molar-refractivity contribution is 6.31. The molecule has 114 valence electrons. The van der Waals surface area contributed by atoms with E-state index in [2.05, 4.69) is 5.32 Å². The third-order valence-corrected chi connectivity index (χ3v) is 3.20. The Kier molecular flexibility index (Phi) is 6.62. The number of hydrogen-bond acceptors (Lipinski definition) is 2. The van der Waals surface area contributed by atoms with Gasteiger partial charge in [0, 0.05) is 0 Å². The van der Waals surface area contributed by atoms with E-state index in [9.17, 15) is 13.2 Å². The SMILES string of the molecule is CCCC(CCNC)Oc1ccc(Cl)c(C(F)(F)F)c1. The Balaban J connectivity index is 2.85. The van der Waals surface area contributed by atoms with E-state index in [1.165, 1.54) is 12.1 Å². The topological polar surface area (TPSA) is 21.3 Å². The van der Waals surface area contributed by atoms with Gasteiger partial charge >= 0.3 is 6.18 Å². The van der Waals surface area contributed by atoms with Gasteiger partial charge < -0.3 is 10.1 Å². The number of nitrogens with one attached hydrogen (secondary N) is 1. The van der Waals surface area contributed by atoms with Crippen LogP contribution in [0.4, 0.5) is 13.2 Å². The van der Waals surface area contributed by atoms with Crippen LogP contribution in [0, 0.1) is 0 Å². The molecular formula is C14H19ClF3NO. The maximum Gasteiger partial charge on any atom is 0.417 e. The molecule has 1 aromatic rings. The van der Waals surface area contributed by atoms with Gasteiger partial charge in [0.25, 0.3) is 0 Å². The summed E-state index contributed by atoms with van der Waals surface area (Å²) < 4.78 is 43.9. The lowest BCUT2D eigenvalue weighted by atomic mass is 10.1. The molecule has 0 heterocycles. The molecule has 1 unspecified atom stereocenters. The van der Waals surface area contributed by atoms with Crippen LogP contribution >= 0.6 is 11.6 Å². The fourth-order valence-electron chi connectivity index (χ4n) is 1.88. The summed E-state index contributed by atoms with van der Waals surface area (Å²) in [5.41, 5.74) is -0.861. The molecule has 0 amide bonds. The lowest BCUT2D eigenvalue weighted by molar-refractivity contribution is -0.137. The minimum absolute atomic E-state index is 0.102. The molecule has 0 saturated heterocycles. The zero-order valence-corrected chi connectivity index (χ0v) is 12.3. The quantitative estimate of drug-likeness (QED) is 0.800. The van der Waals surface area contributed by atoms with Crippen molar-refractivity contribution in [2.75, 3.05) is 13.6 Å². The molecule has 0 aliphatic rings. The van der Waals surface area contributed by atoms with E-state index >= 15 is 0 Å². The summed E-state index contributed by atoms with van der Waals surface area (Å²) in [5, 5.41) is 2.69. The van der Waals surface area contributed by atoms with Gasteiger partial charge in [-0.15, -0.1) is 0 Å². The monoisotopic (exact) mass is 309 g/mol. The average molecular weight is 310 g/mol. The first-order chi connectivity index (χ1) is 9.38. The Morgan fingerprint density at radius 1 is 1.30 bits per heavy atom. The van der Waals surface area contributed by atoms with Crippen LogP contribution in [0.3, 0.4) is 0 Å². The van der Waals surface area contributed by atoms with E-state index in [1.807, 2.05) is 14.0 Å². The van der Waals surface area contributed by atoms with Crippen LogP contribution in [0.1, 0.15) is 31.7 Å². The summed E-state index contributed by atoms with van der Waals surface area (Å²) in [5.74, 6) is 0.205. The smallest absolute Gasteiger partial charge is 0.417 e. The highest BCUT2D eigenvalue weighted by atomic mass is 35.5. The molecule has 0 bridgehead atoms. The zero-order valence-electron chi connectivity index (χ0n) is 11.6. The van der Waals surface area contributed by atoms with E-state index in [4.69, 9.17) is 16.3 Å². The molecule has 6 heteroatoms. The van der Waals surface area contributed by atoms with Crippen LogP contribution in [0.5, 0.6) is 5.75 Å². The van der Waals surface area contributed by atoms with Gasteiger partial charge in [-0.25, -0.2) is 0 Å². The molecule has 0 fully saturated rings. The van der Waals surface area contributed by atoms with E-state index < -0.39 is 11.7 Å². The molecule has 1 aromatic carbocycles. The number of hydrogen-bond donors (Lipinski definition) is 1. The fourth-order valence-corrected chi connectivity index (χ4v) is 2.10. The number of halogens is 4. The Hall–Kier alpha value is -0.940. The average Bonchev–Trinajstić information content (AvgIpc) is 2.37. The third kappa shape index (κ3) is 5.21. The van der Waals surface area contributed by atoms with Crippen molar-refractivity contribution < 1.29 is 17.9 Å². The summed E-state index contributed by atoms with van der Waals surface area (Å²) in [4.78, 5) is 0. The van der Waals surface area contributed by atoms with Gasteiger partial charge in [-0.05, 0) is 44.6 Å². The molecule has 0 aliphatic carbocycles. The van der Waals surface area contributed by atoms with Gasteiger partial charge in [0.15, 0.2) is 0 Å². The van der Waals surface area contributed by atoms with Crippen LogP contribution in [-0.2, 0) is 6.18 Å². The van der Waals surface area contributed by atoms with Crippen molar-refractivity contribution in [3.63, 3.8) is 0 Å². The number of benzene rings is 1. The van der Waals surface area contributed by atoms with E-state index in [0.29, 0.717) is 0 Å². The van der Waals surface area contributed by atoms with Crippen LogP contribution in [0.2, 0.25) is 5.02 Å². The van der Waals surface area contributed by atoms with Crippen LogP contribution in [-0.4, -0.2) is 19.7 Å². The molecule has 1 N–H and O–H groups in total. The van der Waals surface area contributed by atoms with Crippen molar-refractivity contribution >= 4 is 11.6 Å². The van der Waals surface area contributed by atoms with Crippen molar-refractivity contribution in [2.24, 2.45) is 0 Å². The first kappa shape index (κ1) is 17.1. The number of alkyl halides is 3. The first-order valence-electron chi connectivity index (χ1n) is 6.56. The van der Waals surface area contributed by atoms with E-state index in [-0.39, 0.29) is 16.9 Å². The molecule has 0 saturated carbocycles. The van der Waals surface area contributed by atoms with Crippen molar-refractivity contribution in [2.45, 2.75) is 38.5 Å². The van der Waals surface area contributed by atoms with Gasteiger partial charge in [0.2, 0.25) is 0 Å². The molecule has 0 radical (unpaired) electrons. The zero-order chi connectivity index (χ0) is 15.2. The Labute approximate surface area is 122 Å². The first-order valence-corrected chi connectivity index (χ1v) is 6.94. The van der Waals surface area contributed by atoms with Crippen LogP contribution < -0.4 is 10.1 Å². The van der Waals surface area contributed by atoms with Crippen molar-refractivity contribution in [1.82, 2.24) is 5.32 Å². The lowest BCUT2D eigenvalue weighted by Crippen LogP contribution is -2.22. The predicted molar refractivity (Wildman–Crippen MR) is 74.3 cm³/mol. The normalized spacial score (nSPS) is 13.3. The fraction of sp³-hybridized carbons (Fsp3) is 0.571. The van der Waals surface area contributed by atoms with Crippen molar-refractivity contribution in [3.8, 4) is 5.75 Å². The largest absolute Gasteiger partial charge is 0.490 e. The molecular weight excluding hydrogens is 291 g/mol. The molecule has 1 atom stereocenters. The summed E-state index contributed by atoms with van der Waals surface area (Å²) in [7, 11) is 1.83. The molecule has 20 heavy (non-hydrogen) atoms. The maximum absolute atomic E-state index is 12.8. The van der Waals surface area contributed by atoms with E-state index in [0.717, 1.165) is 31.9 Å². The standard InChI is InChI=1S/C14H19ClF3NO/c1-3-4-10(7-8-19-2)20-11-5-6-13(15)12(9-11)14(16,17)18/h5-6,9-10,19H,3-4,7-8H2,1-2H3. The maximum atomic E-state index is 12.8. The second-order valence-corrected chi connectivity index (χ2v) is 4.97. The highest BCUT2D eigenvalue weighted by Crippen LogP contribution is 2.37. The molecule has 0 spiro atoms. The second-order valence-electron chi connectivity index (χ2n) is 4.56. The van der Waals surface area contributed by atoms with Crippen LogP contribution in [0.15, 0.2) is 18.2 Å². The van der Waals surface area contributed by atoms with Crippen molar-refractivity contribution in [3.05, 3.63) is 28.8 Å². The minimum Gasteiger partial charge on any atom is -0.490 e. The van der Waals surface area contributed by atoms with Gasteiger partial charge in [-0.2, -0.15) is 13.2 Å². The van der Waals surface area contributed by atoms with Gasteiger partial charge in [0.05, 0.1) is 16.7 Å². The predicted octanol–water partition coefficient (Wildman–Crippen LogP) is 4.52. The van der Waals surface area contributed by atoms with Gasteiger partial charge in [0.1, 0.15) is 5.75 Å². The highest BCUT2D eigenvalue weighted by Gasteiger charge is 2.33. The summed E-state index contributed by atoms with van der Waals surface area (Å²) in [6.07, 6.45) is -2.12. The van der Waals surface area contributed by atoms with Gasteiger partial charge in [-0.3, -0.25) is 0 Å². The number of ether oxygens (including phenoxy) is 1. The lowest BCUT2D eigenvalue weighted by Gasteiger charge is -2.19. The number of rotatable bonds is 7. The Morgan fingerprint density at radius 2 is 2.00 bits per heavy atom. The third-order valence-electron chi connectivity index (χ3n) is 2.87. The van der Waals surface area contributed by atoms with Crippen LogP contribution in [0.25, 0.3) is 0 Å². The molecule has 0 aliphatic heterocycles. The Morgan fingerprint density at radius 3 is 2.55 bits per heavy atom. The Bertz CT molecular complexity index is 423. The molecule has 2 nitrogen and oxygen atoms in total. The summed E-state index contributed by atoms with van der Waals surface area (Å²) in [6, 6.07) is 3.66. The second kappa shape index (κ2) is 7.74. The minimum atomic E-state index is -4.47. The molecule has 1 rings (SSSR count). The van der Waals surface area contributed by atoms with E-state index in [1.54, 1.807) is 0 Å². The van der Waals surface area contributed by atoms with Crippen molar-refractivity contribution in [1.29, 1.82) is 0 Å². The summed E-state index contributed by atoms with van der Waals surface area (Å²) >= 11 is 5.58. The van der Waals surface area contributed by atoms with Gasteiger partial charge in [-0.1, -0.05) is 24.9 Å². The summed E-state index contributed by atoms with van der Waals surface area (Å²) in [6.45, 7) is 2.77. The molecule has 0 aromatic heterocycles.